The molecule has 0 saturated carbocycles. The van der Waals surface area contributed by atoms with Gasteiger partial charge in [0.2, 0.25) is 0 Å². The molecule has 21 heavy (non-hydrogen) atoms. The monoisotopic (exact) mass is 282 g/mol. The molecule has 0 aliphatic carbocycles. The van der Waals surface area contributed by atoms with Crippen LogP contribution in [0.1, 0.15) is 6.92 Å². The van der Waals surface area contributed by atoms with Crippen LogP contribution >= 0.6 is 0 Å². The Hall–Kier alpha value is -2.56. The number of imidazole rings is 1. The number of rotatable bonds is 4. The minimum absolute atomic E-state index is 0.266. The van der Waals surface area contributed by atoms with E-state index in [9.17, 15) is 4.39 Å². The summed E-state index contributed by atoms with van der Waals surface area (Å²) in [5.74, 6) is 0.0521. The molecule has 3 aromatic rings. The van der Waals surface area contributed by atoms with Crippen LogP contribution in [0.3, 0.4) is 0 Å². The Morgan fingerprint density at radius 1 is 1.29 bits per heavy atom. The maximum atomic E-state index is 13.0. The molecule has 0 aliphatic rings. The van der Waals surface area contributed by atoms with E-state index in [4.69, 9.17) is 0 Å². The van der Waals surface area contributed by atoms with Crippen molar-refractivity contribution in [3.05, 3.63) is 55.3 Å². The molecule has 0 spiro atoms. The van der Waals surface area contributed by atoms with Crippen molar-refractivity contribution in [2.45, 2.75) is 13.5 Å². The SMILES string of the molecule is C=CC(C)Cn1cnc2ncc(-c3ccc(F)cc3)nc21. The van der Waals surface area contributed by atoms with Crippen molar-refractivity contribution in [3.8, 4) is 11.3 Å². The van der Waals surface area contributed by atoms with Gasteiger partial charge in [-0.1, -0.05) is 13.0 Å². The highest BCUT2D eigenvalue weighted by atomic mass is 19.1. The number of aromatic nitrogens is 4. The largest absolute Gasteiger partial charge is 0.313 e. The summed E-state index contributed by atoms with van der Waals surface area (Å²) in [7, 11) is 0. The molecule has 3 rings (SSSR count). The van der Waals surface area contributed by atoms with Crippen molar-refractivity contribution in [1.29, 1.82) is 0 Å². The van der Waals surface area contributed by atoms with Crippen molar-refractivity contribution in [2.24, 2.45) is 5.92 Å². The van der Waals surface area contributed by atoms with Crippen molar-refractivity contribution in [1.82, 2.24) is 19.5 Å². The van der Waals surface area contributed by atoms with Gasteiger partial charge in [-0.05, 0) is 30.2 Å². The summed E-state index contributed by atoms with van der Waals surface area (Å²) in [6.07, 6.45) is 5.28. The van der Waals surface area contributed by atoms with Crippen LogP contribution in [0.25, 0.3) is 22.6 Å². The molecular weight excluding hydrogens is 267 g/mol. The zero-order valence-electron chi connectivity index (χ0n) is 11.7. The predicted octanol–water partition coefficient (Wildman–Crippen LogP) is 3.45. The summed E-state index contributed by atoms with van der Waals surface area (Å²) in [6, 6.07) is 6.22. The Morgan fingerprint density at radius 3 is 2.76 bits per heavy atom. The van der Waals surface area contributed by atoms with Crippen LogP contribution in [-0.2, 0) is 6.54 Å². The highest BCUT2D eigenvalue weighted by Crippen LogP contribution is 2.19. The van der Waals surface area contributed by atoms with Gasteiger partial charge in [0.1, 0.15) is 5.82 Å². The number of nitrogens with zero attached hydrogens (tertiary/aromatic N) is 4. The van der Waals surface area contributed by atoms with Crippen LogP contribution in [0.4, 0.5) is 4.39 Å². The average molecular weight is 282 g/mol. The maximum Gasteiger partial charge on any atom is 0.197 e. The van der Waals surface area contributed by atoms with E-state index in [-0.39, 0.29) is 5.82 Å². The zero-order valence-corrected chi connectivity index (χ0v) is 11.7. The first-order valence-corrected chi connectivity index (χ1v) is 6.74. The molecule has 0 N–H and O–H groups in total. The van der Waals surface area contributed by atoms with Gasteiger partial charge in [0.25, 0.3) is 0 Å². The Labute approximate surface area is 122 Å². The van der Waals surface area contributed by atoms with E-state index in [0.29, 0.717) is 17.3 Å². The molecule has 0 amide bonds. The number of fused-ring (bicyclic) bond motifs is 1. The molecular formula is C16H15FN4. The summed E-state index contributed by atoms with van der Waals surface area (Å²) < 4.78 is 15.0. The fraction of sp³-hybridized carbons (Fsp3) is 0.188. The molecule has 2 aromatic heterocycles. The number of allylic oxidation sites excluding steroid dienone is 1. The number of benzene rings is 1. The summed E-state index contributed by atoms with van der Waals surface area (Å²) in [5.41, 5.74) is 2.87. The summed E-state index contributed by atoms with van der Waals surface area (Å²) >= 11 is 0. The van der Waals surface area contributed by atoms with Crippen molar-refractivity contribution in [2.75, 3.05) is 0 Å². The summed E-state index contributed by atoms with van der Waals surface area (Å²) in [4.78, 5) is 13.2. The lowest BCUT2D eigenvalue weighted by Crippen LogP contribution is -2.05. The van der Waals surface area contributed by atoms with Crippen molar-refractivity contribution < 1.29 is 4.39 Å². The molecule has 0 aliphatic heterocycles. The van der Waals surface area contributed by atoms with Crippen molar-refractivity contribution in [3.63, 3.8) is 0 Å². The van der Waals surface area contributed by atoms with E-state index < -0.39 is 0 Å². The Balaban J connectivity index is 2.03. The molecule has 1 atom stereocenters. The second kappa shape index (κ2) is 5.44. The van der Waals surface area contributed by atoms with Crippen LogP contribution in [-0.4, -0.2) is 19.5 Å². The van der Waals surface area contributed by atoms with Gasteiger partial charge >= 0.3 is 0 Å². The minimum atomic E-state index is -0.266. The van der Waals surface area contributed by atoms with Crippen LogP contribution in [0.5, 0.6) is 0 Å². The number of hydrogen-bond donors (Lipinski definition) is 0. The van der Waals surface area contributed by atoms with Crippen molar-refractivity contribution >= 4 is 11.3 Å². The average Bonchev–Trinajstić information content (AvgIpc) is 2.90. The lowest BCUT2D eigenvalue weighted by molar-refractivity contribution is 0.580. The van der Waals surface area contributed by atoms with E-state index >= 15 is 0 Å². The van der Waals surface area contributed by atoms with Crippen LogP contribution < -0.4 is 0 Å². The number of hydrogen-bond acceptors (Lipinski definition) is 3. The third kappa shape index (κ3) is 2.67. The molecule has 0 saturated heterocycles. The molecule has 5 heteroatoms. The van der Waals surface area contributed by atoms with Gasteiger partial charge in [-0.15, -0.1) is 6.58 Å². The van der Waals surface area contributed by atoms with E-state index in [2.05, 4.69) is 28.5 Å². The van der Waals surface area contributed by atoms with Gasteiger partial charge in [0.05, 0.1) is 18.2 Å². The molecule has 1 unspecified atom stereocenters. The Morgan fingerprint density at radius 2 is 2.05 bits per heavy atom. The smallest absolute Gasteiger partial charge is 0.197 e. The highest BCUT2D eigenvalue weighted by Gasteiger charge is 2.09. The fourth-order valence-electron chi connectivity index (χ4n) is 2.11. The first kappa shape index (κ1) is 13.4. The minimum Gasteiger partial charge on any atom is -0.313 e. The lowest BCUT2D eigenvalue weighted by Gasteiger charge is -2.08. The third-order valence-electron chi connectivity index (χ3n) is 3.35. The molecule has 1 aromatic carbocycles. The molecule has 106 valence electrons. The fourth-order valence-corrected chi connectivity index (χ4v) is 2.11. The first-order valence-electron chi connectivity index (χ1n) is 6.74. The second-order valence-corrected chi connectivity index (χ2v) is 5.02. The van der Waals surface area contributed by atoms with Gasteiger partial charge in [0, 0.05) is 12.1 Å². The van der Waals surface area contributed by atoms with Crippen LogP contribution in [0.15, 0.2) is 49.4 Å². The summed E-state index contributed by atoms with van der Waals surface area (Å²) in [5, 5.41) is 0. The van der Waals surface area contributed by atoms with Gasteiger partial charge in [-0.25, -0.2) is 19.3 Å². The standard InChI is InChI=1S/C16H15FN4/c1-3-11(2)9-21-10-19-15-16(21)20-14(8-18-15)12-4-6-13(17)7-5-12/h3-8,10-11H,1,9H2,2H3. The highest BCUT2D eigenvalue weighted by molar-refractivity contribution is 5.70. The molecule has 0 fully saturated rings. The maximum absolute atomic E-state index is 13.0. The van der Waals surface area contributed by atoms with Gasteiger partial charge in [-0.2, -0.15) is 0 Å². The first-order chi connectivity index (χ1) is 10.2. The van der Waals surface area contributed by atoms with E-state index in [1.165, 1.54) is 12.1 Å². The molecule has 2 heterocycles. The van der Waals surface area contributed by atoms with Gasteiger partial charge < -0.3 is 4.57 Å². The van der Waals surface area contributed by atoms with E-state index in [1.54, 1.807) is 24.7 Å². The van der Waals surface area contributed by atoms with E-state index in [1.807, 2.05) is 10.6 Å². The Kier molecular flexibility index (Phi) is 3.48. The number of halogens is 1. The Bertz CT molecular complexity index is 777. The zero-order chi connectivity index (χ0) is 14.8. The normalized spacial score (nSPS) is 12.5. The molecule has 0 radical (unpaired) electrons. The predicted molar refractivity (Wildman–Crippen MR) is 80.1 cm³/mol. The van der Waals surface area contributed by atoms with E-state index in [0.717, 1.165) is 17.8 Å². The third-order valence-corrected chi connectivity index (χ3v) is 3.35. The lowest BCUT2D eigenvalue weighted by atomic mass is 10.1. The summed E-state index contributed by atoms with van der Waals surface area (Å²) in [6.45, 7) is 6.62. The molecule has 0 bridgehead atoms. The van der Waals surface area contributed by atoms with Gasteiger partial charge in [-0.3, -0.25) is 0 Å². The van der Waals surface area contributed by atoms with Crippen LogP contribution in [0.2, 0.25) is 0 Å². The second-order valence-electron chi connectivity index (χ2n) is 5.02. The van der Waals surface area contributed by atoms with Gasteiger partial charge in [0.15, 0.2) is 11.3 Å². The topological polar surface area (TPSA) is 43.6 Å². The quantitative estimate of drug-likeness (QED) is 0.688. The van der Waals surface area contributed by atoms with Crippen LogP contribution in [0, 0.1) is 11.7 Å². The molecule has 4 nitrogen and oxygen atoms in total.